The molecule has 0 aliphatic rings. The lowest BCUT2D eigenvalue weighted by molar-refractivity contribution is -0.123. The van der Waals surface area contributed by atoms with Gasteiger partial charge >= 0.3 is 5.97 Å². The van der Waals surface area contributed by atoms with Gasteiger partial charge in [0.15, 0.2) is 6.10 Å². The van der Waals surface area contributed by atoms with Gasteiger partial charge in [0.05, 0.1) is 15.1 Å². The minimum Gasteiger partial charge on any atom is -0.448 e. The summed E-state index contributed by atoms with van der Waals surface area (Å²) in [6.45, 7) is 3.64. The van der Waals surface area contributed by atoms with E-state index in [0.717, 1.165) is 26.5 Å². The summed E-state index contributed by atoms with van der Waals surface area (Å²) in [7, 11) is 0. The number of amides is 1. The van der Waals surface area contributed by atoms with Gasteiger partial charge in [-0.05, 0) is 55.3 Å². The summed E-state index contributed by atoms with van der Waals surface area (Å²) in [6, 6.07) is 19.1. The van der Waals surface area contributed by atoms with Crippen LogP contribution in [0.25, 0.3) is 20.1 Å². The van der Waals surface area contributed by atoms with Gasteiger partial charge < -0.3 is 10.1 Å². The number of hydrogen-bond donors (Lipinski definition) is 1. The lowest BCUT2D eigenvalue weighted by Gasteiger charge is -2.13. The first-order chi connectivity index (χ1) is 14.5. The number of hydrogen-bond acceptors (Lipinski definition) is 6. The summed E-state index contributed by atoms with van der Waals surface area (Å²) in [5.74, 6) is -0.883. The quantitative estimate of drug-likeness (QED) is 0.390. The van der Waals surface area contributed by atoms with Gasteiger partial charge in [0, 0.05) is 5.69 Å². The molecular formula is C23H20N2O3S2. The molecule has 0 unspecified atom stereocenters. The van der Waals surface area contributed by atoms with Crippen molar-refractivity contribution in [2.45, 2.75) is 26.4 Å². The first-order valence-electron chi connectivity index (χ1n) is 9.60. The van der Waals surface area contributed by atoms with E-state index in [1.165, 1.54) is 16.9 Å². The molecule has 0 radical (unpaired) electrons. The SMILES string of the molecule is CCc1ccc(NC(=O)[C@H](C)OC(=O)c2ccc(-c3nc4ccccc4s3)s2)cc1. The summed E-state index contributed by atoms with van der Waals surface area (Å²) < 4.78 is 6.47. The summed E-state index contributed by atoms with van der Waals surface area (Å²) >= 11 is 2.89. The van der Waals surface area contributed by atoms with Gasteiger partial charge in [-0.3, -0.25) is 4.79 Å². The molecule has 2 aromatic heterocycles. The van der Waals surface area contributed by atoms with Gasteiger partial charge in [0.1, 0.15) is 9.88 Å². The Morgan fingerprint density at radius 1 is 1.03 bits per heavy atom. The fourth-order valence-electron chi connectivity index (χ4n) is 2.88. The van der Waals surface area contributed by atoms with E-state index in [1.54, 1.807) is 24.3 Å². The van der Waals surface area contributed by atoms with Crippen molar-refractivity contribution in [1.82, 2.24) is 4.98 Å². The standard InChI is InChI=1S/C23H20N2O3S2/c1-3-15-8-10-16(11-9-15)24-21(26)14(2)28-23(27)20-13-12-19(29-20)22-25-17-6-4-5-7-18(17)30-22/h4-14H,3H2,1-2H3,(H,24,26)/t14-/m0/s1. The third-order valence-electron chi connectivity index (χ3n) is 4.59. The van der Waals surface area contributed by atoms with Crippen LogP contribution < -0.4 is 5.32 Å². The molecular weight excluding hydrogens is 416 g/mol. The van der Waals surface area contributed by atoms with Crippen molar-refractivity contribution in [3.8, 4) is 9.88 Å². The van der Waals surface area contributed by atoms with Crippen molar-refractivity contribution in [1.29, 1.82) is 0 Å². The zero-order valence-corrected chi connectivity index (χ0v) is 18.2. The number of para-hydroxylation sites is 1. The molecule has 7 heteroatoms. The lowest BCUT2D eigenvalue weighted by atomic mass is 10.1. The fourth-order valence-corrected chi connectivity index (χ4v) is 4.79. The molecule has 4 aromatic rings. The first kappa shape index (κ1) is 20.3. The highest BCUT2D eigenvalue weighted by atomic mass is 32.1. The molecule has 2 aromatic carbocycles. The average Bonchev–Trinajstić information content (AvgIpc) is 3.41. The molecule has 152 valence electrons. The van der Waals surface area contributed by atoms with Crippen LogP contribution in [0.2, 0.25) is 0 Å². The second-order valence-electron chi connectivity index (χ2n) is 6.74. The van der Waals surface area contributed by atoms with Gasteiger partial charge in [-0.15, -0.1) is 22.7 Å². The predicted octanol–water partition coefficient (Wildman–Crippen LogP) is 5.77. The maximum atomic E-state index is 12.5. The molecule has 0 aliphatic heterocycles. The first-order valence-corrected chi connectivity index (χ1v) is 11.2. The van der Waals surface area contributed by atoms with E-state index < -0.39 is 12.1 Å². The number of esters is 1. The van der Waals surface area contributed by atoms with Gasteiger partial charge in [-0.1, -0.05) is 31.2 Å². The Morgan fingerprint density at radius 3 is 2.53 bits per heavy atom. The number of nitrogens with zero attached hydrogens (tertiary/aromatic N) is 1. The highest BCUT2D eigenvalue weighted by molar-refractivity contribution is 7.26. The number of carbonyl (C=O) groups excluding carboxylic acids is 2. The molecule has 1 atom stereocenters. The van der Waals surface area contributed by atoms with Crippen LogP contribution in [0, 0.1) is 0 Å². The number of aromatic nitrogens is 1. The Morgan fingerprint density at radius 2 is 1.80 bits per heavy atom. The number of thiophene rings is 1. The fraction of sp³-hybridized carbons (Fsp3) is 0.174. The highest BCUT2D eigenvalue weighted by Crippen LogP contribution is 2.34. The van der Waals surface area contributed by atoms with E-state index in [-0.39, 0.29) is 5.91 Å². The van der Waals surface area contributed by atoms with Crippen LogP contribution in [0.5, 0.6) is 0 Å². The molecule has 1 amide bonds. The van der Waals surface area contributed by atoms with Crippen LogP contribution in [-0.2, 0) is 16.0 Å². The Balaban J connectivity index is 1.40. The minimum absolute atomic E-state index is 0.365. The van der Waals surface area contributed by atoms with E-state index >= 15 is 0 Å². The highest BCUT2D eigenvalue weighted by Gasteiger charge is 2.21. The number of aryl methyl sites for hydroxylation is 1. The van der Waals surface area contributed by atoms with Crippen LogP contribution in [0.15, 0.2) is 60.7 Å². The number of anilines is 1. The molecule has 4 rings (SSSR count). The number of benzene rings is 2. The maximum absolute atomic E-state index is 12.5. The topological polar surface area (TPSA) is 68.3 Å². The number of rotatable bonds is 6. The average molecular weight is 437 g/mol. The van der Waals surface area contributed by atoms with E-state index in [1.807, 2.05) is 54.6 Å². The van der Waals surface area contributed by atoms with Crippen LogP contribution in [0.3, 0.4) is 0 Å². The molecule has 0 saturated carbocycles. The maximum Gasteiger partial charge on any atom is 0.349 e. The van der Waals surface area contributed by atoms with E-state index in [2.05, 4.69) is 17.2 Å². The summed E-state index contributed by atoms with van der Waals surface area (Å²) in [5.41, 5.74) is 2.80. The van der Waals surface area contributed by atoms with Gasteiger partial charge in [0.2, 0.25) is 0 Å². The lowest BCUT2D eigenvalue weighted by Crippen LogP contribution is -2.29. The number of ether oxygens (including phenoxy) is 1. The van der Waals surface area contributed by atoms with Crippen molar-refractivity contribution in [2.24, 2.45) is 0 Å². The Kier molecular flexibility index (Phi) is 5.92. The normalized spacial score (nSPS) is 11.9. The Hall–Kier alpha value is -3.03. The molecule has 30 heavy (non-hydrogen) atoms. The van der Waals surface area contributed by atoms with Crippen molar-refractivity contribution >= 4 is 50.5 Å². The van der Waals surface area contributed by atoms with E-state index in [9.17, 15) is 9.59 Å². The van der Waals surface area contributed by atoms with Crippen molar-refractivity contribution < 1.29 is 14.3 Å². The van der Waals surface area contributed by atoms with Crippen molar-refractivity contribution in [2.75, 3.05) is 5.32 Å². The minimum atomic E-state index is -0.906. The molecule has 2 heterocycles. The number of carbonyl (C=O) groups is 2. The van der Waals surface area contributed by atoms with Gasteiger partial charge in [0.25, 0.3) is 5.91 Å². The Bertz CT molecular complexity index is 1160. The third kappa shape index (κ3) is 4.42. The zero-order valence-electron chi connectivity index (χ0n) is 16.5. The van der Waals surface area contributed by atoms with Crippen LogP contribution in [0.1, 0.15) is 29.1 Å². The van der Waals surface area contributed by atoms with Crippen molar-refractivity contribution in [3.63, 3.8) is 0 Å². The molecule has 1 N–H and O–H groups in total. The smallest absolute Gasteiger partial charge is 0.349 e. The van der Waals surface area contributed by atoms with Crippen LogP contribution >= 0.6 is 22.7 Å². The molecule has 0 spiro atoms. The zero-order chi connectivity index (χ0) is 21.1. The number of thiazole rings is 1. The number of fused-ring (bicyclic) bond motifs is 1. The molecule has 0 bridgehead atoms. The largest absolute Gasteiger partial charge is 0.448 e. The monoisotopic (exact) mass is 436 g/mol. The molecule has 0 aliphatic carbocycles. The number of nitrogens with one attached hydrogen (secondary N) is 1. The van der Waals surface area contributed by atoms with Crippen LogP contribution in [-0.4, -0.2) is 23.0 Å². The predicted molar refractivity (Wildman–Crippen MR) is 122 cm³/mol. The second-order valence-corrected chi connectivity index (χ2v) is 8.85. The molecule has 0 fully saturated rings. The summed E-state index contributed by atoms with van der Waals surface area (Å²) in [4.78, 5) is 30.8. The van der Waals surface area contributed by atoms with E-state index in [4.69, 9.17) is 4.74 Å². The van der Waals surface area contributed by atoms with Gasteiger partial charge in [-0.25, -0.2) is 9.78 Å². The Labute approximate surface area is 182 Å². The molecule has 5 nitrogen and oxygen atoms in total. The second kappa shape index (κ2) is 8.77. The summed E-state index contributed by atoms with van der Waals surface area (Å²) in [6.07, 6.45) is 0.0264. The van der Waals surface area contributed by atoms with Crippen molar-refractivity contribution in [3.05, 3.63) is 71.1 Å². The summed E-state index contributed by atoms with van der Waals surface area (Å²) in [5, 5.41) is 3.64. The van der Waals surface area contributed by atoms with E-state index in [0.29, 0.717) is 10.6 Å². The third-order valence-corrected chi connectivity index (χ3v) is 6.87. The molecule has 0 saturated heterocycles. The van der Waals surface area contributed by atoms with Crippen LogP contribution in [0.4, 0.5) is 5.69 Å². The van der Waals surface area contributed by atoms with Gasteiger partial charge in [-0.2, -0.15) is 0 Å².